The zero-order valence-electron chi connectivity index (χ0n) is 9.05. The van der Waals surface area contributed by atoms with Crippen LogP contribution in [-0.4, -0.2) is 12.4 Å². The lowest BCUT2D eigenvalue weighted by Gasteiger charge is -2.09. The lowest BCUT2D eigenvalue weighted by atomic mass is 10.1. The van der Waals surface area contributed by atoms with E-state index >= 15 is 0 Å². The molecule has 2 nitrogen and oxygen atoms in total. The number of ketones is 1. The van der Waals surface area contributed by atoms with Crippen LogP contribution < -0.4 is 4.74 Å². The lowest BCUT2D eigenvalue weighted by molar-refractivity contribution is 0.0984. The second kappa shape index (κ2) is 5.76. The number of hydrogen-bond acceptors (Lipinski definition) is 2. The quantitative estimate of drug-likeness (QED) is 0.716. The number of rotatable bonds is 5. The second-order valence-electron chi connectivity index (χ2n) is 3.27. The van der Waals surface area contributed by atoms with E-state index in [1.54, 1.807) is 18.2 Å². The van der Waals surface area contributed by atoms with E-state index in [0.717, 1.165) is 6.42 Å². The smallest absolute Gasteiger partial charge is 0.166 e. The van der Waals surface area contributed by atoms with Gasteiger partial charge in [0.25, 0.3) is 0 Å². The summed E-state index contributed by atoms with van der Waals surface area (Å²) in [6.45, 7) is 4.46. The van der Waals surface area contributed by atoms with Crippen LogP contribution in [0.2, 0.25) is 5.02 Å². The highest BCUT2D eigenvalue weighted by Crippen LogP contribution is 2.24. The van der Waals surface area contributed by atoms with Crippen LogP contribution in [0.1, 0.15) is 37.0 Å². The third-order valence-electron chi connectivity index (χ3n) is 2.03. The van der Waals surface area contributed by atoms with E-state index in [9.17, 15) is 4.79 Å². The summed E-state index contributed by atoms with van der Waals surface area (Å²) in [5, 5.41) is 0.591. The minimum Gasteiger partial charge on any atom is -0.493 e. The van der Waals surface area contributed by atoms with E-state index in [-0.39, 0.29) is 5.78 Å². The molecule has 0 radical (unpaired) electrons. The fourth-order valence-electron chi connectivity index (χ4n) is 1.25. The first-order valence-electron chi connectivity index (χ1n) is 5.14. The molecule has 0 aliphatic carbocycles. The van der Waals surface area contributed by atoms with Gasteiger partial charge in [-0.15, -0.1) is 0 Å². The molecular weight excluding hydrogens is 212 g/mol. The van der Waals surface area contributed by atoms with Gasteiger partial charge in [-0.2, -0.15) is 0 Å². The molecule has 0 aliphatic heterocycles. The van der Waals surface area contributed by atoms with Gasteiger partial charge in [-0.3, -0.25) is 4.79 Å². The Morgan fingerprint density at radius 1 is 1.40 bits per heavy atom. The molecule has 0 fully saturated rings. The summed E-state index contributed by atoms with van der Waals surface area (Å²) in [5.41, 5.74) is 0.621. The zero-order chi connectivity index (χ0) is 11.3. The summed E-state index contributed by atoms with van der Waals surface area (Å²) in [7, 11) is 0. The topological polar surface area (TPSA) is 26.3 Å². The van der Waals surface area contributed by atoms with Gasteiger partial charge in [0.05, 0.1) is 12.2 Å². The Labute approximate surface area is 95.2 Å². The van der Waals surface area contributed by atoms with Gasteiger partial charge in [-0.05, 0) is 24.6 Å². The Morgan fingerprint density at radius 3 is 2.73 bits per heavy atom. The Balaban J connectivity index is 2.97. The average Bonchev–Trinajstić information content (AvgIpc) is 2.25. The Morgan fingerprint density at radius 2 is 2.13 bits per heavy atom. The standard InChI is InChI=1S/C12H15ClO2/c1-3-7-15-12-8-9(13)5-6-10(12)11(14)4-2/h5-6,8H,3-4,7H2,1-2H3. The molecule has 3 heteroatoms. The third kappa shape index (κ3) is 3.24. The summed E-state index contributed by atoms with van der Waals surface area (Å²) in [4.78, 5) is 11.6. The van der Waals surface area contributed by atoms with Crippen LogP contribution in [0.4, 0.5) is 0 Å². The SMILES string of the molecule is CCCOc1cc(Cl)ccc1C(=O)CC. The third-order valence-corrected chi connectivity index (χ3v) is 2.26. The van der Waals surface area contributed by atoms with Crippen molar-refractivity contribution < 1.29 is 9.53 Å². The fourth-order valence-corrected chi connectivity index (χ4v) is 1.41. The minimum absolute atomic E-state index is 0.0813. The normalized spacial score (nSPS) is 10.1. The molecule has 1 aromatic carbocycles. The summed E-state index contributed by atoms with van der Waals surface area (Å²) >= 11 is 5.85. The first kappa shape index (κ1) is 12.1. The van der Waals surface area contributed by atoms with E-state index in [4.69, 9.17) is 16.3 Å². The van der Waals surface area contributed by atoms with Gasteiger partial charge in [0.2, 0.25) is 0 Å². The number of carbonyl (C=O) groups is 1. The molecule has 82 valence electrons. The van der Waals surface area contributed by atoms with E-state index in [1.165, 1.54) is 0 Å². The molecule has 0 bridgehead atoms. The monoisotopic (exact) mass is 226 g/mol. The Hall–Kier alpha value is -1.02. The van der Waals surface area contributed by atoms with Gasteiger partial charge < -0.3 is 4.74 Å². The summed E-state index contributed by atoms with van der Waals surface area (Å²) in [5.74, 6) is 0.675. The van der Waals surface area contributed by atoms with Crippen LogP contribution >= 0.6 is 11.6 Å². The van der Waals surface area contributed by atoms with Crippen LogP contribution in [0, 0.1) is 0 Å². The molecule has 15 heavy (non-hydrogen) atoms. The fraction of sp³-hybridized carbons (Fsp3) is 0.417. The average molecular weight is 227 g/mol. The number of hydrogen-bond donors (Lipinski definition) is 0. The molecule has 0 atom stereocenters. The molecule has 0 saturated carbocycles. The summed E-state index contributed by atoms with van der Waals surface area (Å²) in [6.07, 6.45) is 1.39. The van der Waals surface area contributed by atoms with Crippen LogP contribution in [0.15, 0.2) is 18.2 Å². The maximum Gasteiger partial charge on any atom is 0.166 e. The van der Waals surface area contributed by atoms with E-state index in [0.29, 0.717) is 29.4 Å². The van der Waals surface area contributed by atoms with Crippen molar-refractivity contribution in [3.05, 3.63) is 28.8 Å². The van der Waals surface area contributed by atoms with Crippen molar-refractivity contribution in [2.45, 2.75) is 26.7 Å². The zero-order valence-corrected chi connectivity index (χ0v) is 9.80. The lowest BCUT2D eigenvalue weighted by Crippen LogP contribution is -2.03. The molecule has 1 aromatic rings. The van der Waals surface area contributed by atoms with Gasteiger partial charge in [-0.25, -0.2) is 0 Å². The van der Waals surface area contributed by atoms with E-state index in [1.807, 2.05) is 13.8 Å². The molecule has 0 N–H and O–H groups in total. The maximum absolute atomic E-state index is 11.6. The van der Waals surface area contributed by atoms with Crippen LogP contribution in [0.3, 0.4) is 0 Å². The summed E-state index contributed by atoms with van der Waals surface area (Å²) in [6, 6.07) is 5.13. The van der Waals surface area contributed by atoms with Gasteiger partial charge >= 0.3 is 0 Å². The van der Waals surface area contributed by atoms with E-state index < -0.39 is 0 Å². The number of Topliss-reactive ketones (excluding diaryl/α,β-unsaturated/α-hetero) is 1. The highest BCUT2D eigenvalue weighted by atomic mass is 35.5. The van der Waals surface area contributed by atoms with E-state index in [2.05, 4.69) is 0 Å². The van der Waals surface area contributed by atoms with Crippen LogP contribution in [0.5, 0.6) is 5.75 Å². The molecule has 0 aliphatic rings. The first-order valence-corrected chi connectivity index (χ1v) is 5.52. The van der Waals surface area contributed by atoms with Crippen molar-refractivity contribution in [3.8, 4) is 5.75 Å². The van der Waals surface area contributed by atoms with Gasteiger partial charge in [0.1, 0.15) is 5.75 Å². The van der Waals surface area contributed by atoms with Crippen molar-refractivity contribution in [1.82, 2.24) is 0 Å². The first-order chi connectivity index (χ1) is 7.19. The van der Waals surface area contributed by atoms with Gasteiger partial charge in [0, 0.05) is 11.4 Å². The second-order valence-corrected chi connectivity index (χ2v) is 3.70. The largest absolute Gasteiger partial charge is 0.493 e. The minimum atomic E-state index is 0.0813. The number of ether oxygens (including phenoxy) is 1. The Kier molecular flexibility index (Phi) is 4.63. The van der Waals surface area contributed by atoms with Crippen molar-refractivity contribution in [1.29, 1.82) is 0 Å². The molecule has 0 saturated heterocycles. The highest BCUT2D eigenvalue weighted by Gasteiger charge is 2.10. The number of halogens is 1. The maximum atomic E-state index is 11.6. The summed E-state index contributed by atoms with van der Waals surface area (Å²) < 4.78 is 5.48. The predicted octanol–water partition coefficient (Wildman–Crippen LogP) is 3.72. The van der Waals surface area contributed by atoms with Gasteiger partial charge in [0.15, 0.2) is 5.78 Å². The highest BCUT2D eigenvalue weighted by molar-refractivity contribution is 6.30. The van der Waals surface area contributed by atoms with Crippen molar-refractivity contribution in [3.63, 3.8) is 0 Å². The predicted molar refractivity (Wildman–Crippen MR) is 61.9 cm³/mol. The van der Waals surface area contributed by atoms with Crippen molar-refractivity contribution >= 4 is 17.4 Å². The molecule has 0 unspecified atom stereocenters. The van der Waals surface area contributed by atoms with Gasteiger partial charge in [-0.1, -0.05) is 25.4 Å². The molecule has 1 rings (SSSR count). The molecule has 0 aromatic heterocycles. The van der Waals surface area contributed by atoms with Crippen LogP contribution in [-0.2, 0) is 0 Å². The van der Waals surface area contributed by atoms with Crippen LogP contribution in [0.25, 0.3) is 0 Å². The molecule has 0 heterocycles. The Bertz CT molecular complexity index is 347. The molecule has 0 spiro atoms. The molecular formula is C12H15ClO2. The number of benzene rings is 1. The molecule has 0 amide bonds. The van der Waals surface area contributed by atoms with Crippen molar-refractivity contribution in [2.24, 2.45) is 0 Å². The van der Waals surface area contributed by atoms with Crippen molar-refractivity contribution in [2.75, 3.05) is 6.61 Å². The number of carbonyl (C=O) groups excluding carboxylic acids is 1.